The molecule has 5 rings (SSSR count). The van der Waals surface area contributed by atoms with E-state index in [-0.39, 0.29) is 0 Å². The number of hydrogen-bond donors (Lipinski definition) is 0. The van der Waals surface area contributed by atoms with Crippen LogP contribution in [0.25, 0.3) is 17.2 Å². The van der Waals surface area contributed by atoms with Gasteiger partial charge in [0.1, 0.15) is 0 Å². The summed E-state index contributed by atoms with van der Waals surface area (Å²) in [6.07, 6.45) is 15.5. The lowest BCUT2D eigenvalue weighted by Gasteiger charge is -2.28. The van der Waals surface area contributed by atoms with Crippen molar-refractivity contribution < 1.29 is 0 Å². The van der Waals surface area contributed by atoms with Gasteiger partial charge in [0.25, 0.3) is 0 Å². The molecule has 0 atom stereocenters. The van der Waals surface area contributed by atoms with Gasteiger partial charge in [-0.15, -0.1) is 0 Å². The van der Waals surface area contributed by atoms with Crippen molar-refractivity contribution in [3.63, 3.8) is 0 Å². The molecule has 0 aromatic heterocycles. The Morgan fingerprint density at radius 2 is 1.62 bits per heavy atom. The van der Waals surface area contributed by atoms with Crippen molar-refractivity contribution in [3.05, 3.63) is 112 Å². The molecule has 0 amide bonds. The van der Waals surface area contributed by atoms with Crippen LogP contribution in [0.3, 0.4) is 0 Å². The highest BCUT2D eigenvalue weighted by atomic mass is 14.3. The summed E-state index contributed by atoms with van der Waals surface area (Å²) >= 11 is 0. The standard InChI is InChI=1S/C34H38/c1-22-15-17-27(18-16-22)26(5)31-13-7-12-29-20-30(21-33(29)31)32-14-8-11-28(32)19-25(4)34-23(2)9-6-10-24(34)3/h6-7,9-14,21-22,27H,4-5,8,15-20H2,1-3H3. The summed E-state index contributed by atoms with van der Waals surface area (Å²) in [7, 11) is 0. The lowest BCUT2D eigenvalue weighted by atomic mass is 9.77. The second-order valence-corrected chi connectivity index (χ2v) is 10.8. The lowest BCUT2D eigenvalue weighted by Crippen LogP contribution is -2.13. The number of aryl methyl sites for hydroxylation is 2. The maximum atomic E-state index is 4.61. The van der Waals surface area contributed by atoms with E-state index in [2.05, 4.69) is 88.6 Å². The van der Waals surface area contributed by atoms with Crippen molar-refractivity contribution in [2.75, 3.05) is 0 Å². The summed E-state index contributed by atoms with van der Waals surface area (Å²) in [5.74, 6) is 1.51. The maximum absolute atomic E-state index is 4.61. The SMILES string of the molecule is C=C(CC1=CCC=C1C1=Cc2c(cccc2C(=C)C2CCC(C)CC2)C1)c1c(C)cccc1C. The maximum Gasteiger partial charge on any atom is -0.00135 e. The number of hydrogen-bond acceptors (Lipinski definition) is 0. The molecular weight excluding hydrogens is 408 g/mol. The Balaban J connectivity index is 1.37. The zero-order valence-corrected chi connectivity index (χ0v) is 21.2. The minimum Gasteiger partial charge on any atom is -0.0949 e. The van der Waals surface area contributed by atoms with E-state index in [1.807, 2.05) is 0 Å². The van der Waals surface area contributed by atoms with Crippen molar-refractivity contribution >= 4 is 17.2 Å². The molecule has 1 fully saturated rings. The molecule has 3 aliphatic carbocycles. The van der Waals surface area contributed by atoms with Gasteiger partial charge in [0.05, 0.1) is 0 Å². The van der Waals surface area contributed by atoms with Crippen molar-refractivity contribution in [2.45, 2.75) is 65.7 Å². The van der Waals surface area contributed by atoms with Gasteiger partial charge >= 0.3 is 0 Å². The van der Waals surface area contributed by atoms with E-state index in [9.17, 15) is 0 Å². The normalized spacial score (nSPS) is 21.6. The minimum atomic E-state index is 0.641. The van der Waals surface area contributed by atoms with Crippen LogP contribution in [0.1, 0.15) is 78.8 Å². The molecule has 2 aromatic carbocycles. The average Bonchev–Trinajstić information content (AvgIpc) is 3.45. The van der Waals surface area contributed by atoms with Crippen LogP contribution in [-0.2, 0) is 6.42 Å². The first-order chi connectivity index (χ1) is 16.4. The smallest absolute Gasteiger partial charge is 0.00135 e. The highest BCUT2D eigenvalue weighted by molar-refractivity contribution is 5.82. The van der Waals surface area contributed by atoms with Gasteiger partial charge in [-0.3, -0.25) is 0 Å². The Morgan fingerprint density at radius 1 is 0.912 bits per heavy atom. The Bertz CT molecular complexity index is 1210. The molecule has 2 aromatic rings. The van der Waals surface area contributed by atoms with Gasteiger partial charge in [-0.25, -0.2) is 0 Å². The zero-order valence-electron chi connectivity index (χ0n) is 21.2. The quantitative estimate of drug-likeness (QED) is 0.414. The second kappa shape index (κ2) is 9.41. The molecule has 0 N–H and O–H groups in total. The lowest BCUT2D eigenvalue weighted by molar-refractivity contribution is 0.337. The van der Waals surface area contributed by atoms with Gasteiger partial charge in [-0.1, -0.05) is 81.5 Å². The molecule has 0 unspecified atom stereocenters. The Morgan fingerprint density at radius 3 is 2.35 bits per heavy atom. The van der Waals surface area contributed by atoms with E-state index < -0.39 is 0 Å². The first kappa shape index (κ1) is 22.9. The van der Waals surface area contributed by atoms with Crippen molar-refractivity contribution in [3.8, 4) is 0 Å². The molecule has 0 spiro atoms. The minimum absolute atomic E-state index is 0.641. The highest BCUT2D eigenvalue weighted by Gasteiger charge is 2.26. The van der Waals surface area contributed by atoms with Crippen molar-refractivity contribution in [1.82, 2.24) is 0 Å². The predicted molar refractivity (Wildman–Crippen MR) is 149 cm³/mol. The van der Waals surface area contributed by atoms with Crippen LogP contribution in [0.2, 0.25) is 0 Å². The van der Waals surface area contributed by atoms with Crippen LogP contribution >= 0.6 is 0 Å². The van der Waals surface area contributed by atoms with Crippen molar-refractivity contribution in [2.24, 2.45) is 11.8 Å². The molecule has 0 nitrogen and oxygen atoms in total. The molecule has 0 heterocycles. The zero-order chi connectivity index (χ0) is 23.8. The Kier molecular flexibility index (Phi) is 6.34. The number of rotatable bonds is 6. The summed E-state index contributed by atoms with van der Waals surface area (Å²) in [5, 5.41) is 0. The van der Waals surface area contributed by atoms with E-state index in [1.54, 1.807) is 0 Å². The van der Waals surface area contributed by atoms with Gasteiger partial charge in [-0.2, -0.15) is 0 Å². The molecule has 34 heavy (non-hydrogen) atoms. The predicted octanol–water partition coefficient (Wildman–Crippen LogP) is 9.44. The molecule has 0 heteroatoms. The molecule has 0 saturated heterocycles. The van der Waals surface area contributed by atoms with E-state index in [1.165, 1.54) is 86.9 Å². The molecule has 174 valence electrons. The first-order valence-electron chi connectivity index (χ1n) is 13.1. The first-order valence-corrected chi connectivity index (χ1v) is 13.1. The largest absolute Gasteiger partial charge is 0.0949 e. The van der Waals surface area contributed by atoms with Crippen LogP contribution in [0.4, 0.5) is 0 Å². The van der Waals surface area contributed by atoms with Crippen LogP contribution in [0, 0.1) is 25.7 Å². The summed E-state index contributed by atoms with van der Waals surface area (Å²) in [4.78, 5) is 0. The van der Waals surface area contributed by atoms with E-state index in [4.69, 9.17) is 0 Å². The topological polar surface area (TPSA) is 0 Å². The van der Waals surface area contributed by atoms with Gasteiger partial charge in [-0.05, 0) is 125 Å². The molecular formula is C34H38. The Labute approximate surface area is 206 Å². The second-order valence-electron chi connectivity index (χ2n) is 10.8. The molecule has 3 aliphatic rings. The Hall–Kier alpha value is -2.86. The average molecular weight is 447 g/mol. The van der Waals surface area contributed by atoms with E-state index in [0.29, 0.717) is 5.92 Å². The van der Waals surface area contributed by atoms with Crippen LogP contribution < -0.4 is 0 Å². The fourth-order valence-electron chi connectivity index (χ4n) is 6.40. The molecule has 1 saturated carbocycles. The van der Waals surface area contributed by atoms with Gasteiger partial charge < -0.3 is 0 Å². The van der Waals surface area contributed by atoms with Crippen LogP contribution in [-0.4, -0.2) is 0 Å². The third kappa shape index (κ3) is 4.31. The fraction of sp³-hybridized carbons (Fsp3) is 0.353. The summed E-state index contributed by atoms with van der Waals surface area (Å²) in [6.45, 7) is 15.9. The number of allylic oxidation sites excluding steroid dienone is 7. The third-order valence-electron chi connectivity index (χ3n) is 8.37. The molecule has 0 aliphatic heterocycles. The van der Waals surface area contributed by atoms with Crippen LogP contribution in [0.5, 0.6) is 0 Å². The molecule has 0 radical (unpaired) electrons. The van der Waals surface area contributed by atoms with Gasteiger partial charge in [0.2, 0.25) is 0 Å². The number of benzene rings is 2. The highest BCUT2D eigenvalue weighted by Crippen LogP contribution is 2.43. The molecule has 0 bridgehead atoms. The van der Waals surface area contributed by atoms with Crippen LogP contribution in [0.15, 0.2) is 78.4 Å². The van der Waals surface area contributed by atoms with Gasteiger partial charge in [0, 0.05) is 0 Å². The van der Waals surface area contributed by atoms with E-state index in [0.717, 1.165) is 25.2 Å². The van der Waals surface area contributed by atoms with Crippen molar-refractivity contribution in [1.29, 1.82) is 0 Å². The summed E-state index contributed by atoms with van der Waals surface area (Å²) in [5.41, 5.74) is 15.2. The number of fused-ring (bicyclic) bond motifs is 1. The van der Waals surface area contributed by atoms with Gasteiger partial charge in [0.15, 0.2) is 0 Å². The summed E-state index contributed by atoms with van der Waals surface area (Å²) in [6, 6.07) is 13.4. The monoisotopic (exact) mass is 446 g/mol. The third-order valence-corrected chi connectivity index (χ3v) is 8.37. The summed E-state index contributed by atoms with van der Waals surface area (Å²) < 4.78 is 0. The fourth-order valence-corrected chi connectivity index (χ4v) is 6.40. The van der Waals surface area contributed by atoms with E-state index >= 15 is 0 Å².